The molecule has 2 aromatic carbocycles. The molecular formula is C17H19NO3. The topological polar surface area (TPSA) is 58.6 Å². The van der Waals surface area contributed by atoms with Gasteiger partial charge in [-0.05, 0) is 49.2 Å². The van der Waals surface area contributed by atoms with Gasteiger partial charge in [-0.3, -0.25) is 0 Å². The molecule has 0 spiro atoms. The molecular weight excluding hydrogens is 266 g/mol. The molecule has 2 rings (SSSR count). The number of phenols is 1. The monoisotopic (exact) mass is 285 g/mol. The Morgan fingerprint density at radius 1 is 1.24 bits per heavy atom. The summed E-state index contributed by atoms with van der Waals surface area (Å²) in [5.41, 5.74) is 3.38. The van der Waals surface area contributed by atoms with Crippen molar-refractivity contribution in [3.05, 3.63) is 59.2 Å². The van der Waals surface area contributed by atoms with Gasteiger partial charge in [0.05, 0.1) is 12.7 Å². The molecule has 4 heteroatoms. The van der Waals surface area contributed by atoms with Gasteiger partial charge in [0.2, 0.25) is 0 Å². The Balaban J connectivity index is 2.24. The van der Waals surface area contributed by atoms with Crippen LogP contribution in [0, 0.1) is 6.92 Å². The van der Waals surface area contributed by atoms with Crippen LogP contribution in [0.5, 0.6) is 5.75 Å². The molecule has 0 saturated heterocycles. The van der Waals surface area contributed by atoms with Crippen LogP contribution >= 0.6 is 0 Å². The fraction of sp³-hybridized carbons (Fsp3) is 0.235. The molecule has 1 unspecified atom stereocenters. The highest BCUT2D eigenvalue weighted by Gasteiger charge is 2.11. The molecule has 1 atom stereocenters. The van der Waals surface area contributed by atoms with Crippen LogP contribution < -0.4 is 5.32 Å². The lowest BCUT2D eigenvalue weighted by atomic mass is 10.1. The van der Waals surface area contributed by atoms with Crippen molar-refractivity contribution < 1.29 is 14.6 Å². The second kappa shape index (κ2) is 6.31. The number of ether oxygens (including phenoxy) is 1. The molecule has 0 amide bonds. The molecule has 0 bridgehead atoms. The highest BCUT2D eigenvalue weighted by molar-refractivity contribution is 5.90. The number of aromatic hydroxyl groups is 1. The maximum absolute atomic E-state index is 11.6. The number of phenolic OH excluding ortho intramolecular Hbond substituents is 1. The number of methoxy groups -OCH3 is 1. The van der Waals surface area contributed by atoms with Crippen LogP contribution in [-0.2, 0) is 4.74 Å². The van der Waals surface area contributed by atoms with Gasteiger partial charge in [0, 0.05) is 11.7 Å². The normalized spacial score (nSPS) is 11.8. The average Bonchev–Trinajstić information content (AvgIpc) is 2.48. The number of carbonyl (C=O) groups excluding carboxylic acids is 1. The number of benzene rings is 2. The molecule has 21 heavy (non-hydrogen) atoms. The number of hydrogen-bond acceptors (Lipinski definition) is 4. The van der Waals surface area contributed by atoms with Crippen LogP contribution in [0.4, 0.5) is 5.69 Å². The van der Waals surface area contributed by atoms with Crippen molar-refractivity contribution in [3.8, 4) is 5.75 Å². The summed E-state index contributed by atoms with van der Waals surface area (Å²) in [5, 5.41) is 12.9. The predicted octanol–water partition coefficient (Wildman–Crippen LogP) is 3.66. The van der Waals surface area contributed by atoms with E-state index in [2.05, 4.69) is 5.32 Å². The number of anilines is 1. The van der Waals surface area contributed by atoms with Crippen molar-refractivity contribution in [1.29, 1.82) is 0 Å². The molecule has 2 N–H and O–H groups in total. The zero-order chi connectivity index (χ0) is 15.4. The molecule has 0 aliphatic heterocycles. The Bertz CT molecular complexity index is 652. The molecule has 0 aromatic heterocycles. The first kappa shape index (κ1) is 14.9. The fourth-order valence-electron chi connectivity index (χ4n) is 2.13. The number of aryl methyl sites for hydroxylation is 1. The Morgan fingerprint density at radius 2 is 2.00 bits per heavy atom. The van der Waals surface area contributed by atoms with Crippen LogP contribution in [0.15, 0.2) is 42.5 Å². The van der Waals surface area contributed by atoms with Gasteiger partial charge in [0.1, 0.15) is 5.75 Å². The highest BCUT2D eigenvalue weighted by atomic mass is 16.5. The fourth-order valence-corrected chi connectivity index (χ4v) is 2.13. The van der Waals surface area contributed by atoms with Crippen molar-refractivity contribution in [2.45, 2.75) is 19.9 Å². The van der Waals surface area contributed by atoms with Gasteiger partial charge < -0.3 is 15.2 Å². The van der Waals surface area contributed by atoms with E-state index in [9.17, 15) is 9.90 Å². The first-order chi connectivity index (χ1) is 10.0. The largest absolute Gasteiger partial charge is 0.508 e. The summed E-state index contributed by atoms with van der Waals surface area (Å²) in [4.78, 5) is 11.6. The Kier molecular flexibility index (Phi) is 4.48. The lowest BCUT2D eigenvalue weighted by Crippen LogP contribution is -2.09. The summed E-state index contributed by atoms with van der Waals surface area (Å²) >= 11 is 0. The summed E-state index contributed by atoms with van der Waals surface area (Å²) in [7, 11) is 1.37. The van der Waals surface area contributed by atoms with E-state index in [0.29, 0.717) is 5.56 Å². The lowest BCUT2D eigenvalue weighted by Gasteiger charge is -2.18. The van der Waals surface area contributed by atoms with Gasteiger partial charge in [-0.2, -0.15) is 0 Å². The van der Waals surface area contributed by atoms with Crippen molar-refractivity contribution in [1.82, 2.24) is 0 Å². The first-order valence-electron chi connectivity index (χ1n) is 6.75. The van der Waals surface area contributed by atoms with Crippen LogP contribution in [-0.4, -0.2) is 18.2 Å². The quantitative estimate of drug-likeness (QED) is 0.842. The second-order valence-electron chi connectivity index (χ2n) is 4.98. The van der Waals surface area contributed by atoms with Gasteiger partial charge in [-0.15, -0.1) is 0 Å². The van der Waals surface area contributed by atoms with Crippen LogP contribution in [0.1, 0.15) is 34.5 Å². The standard InChI is InChI=1S/C17H19NO3/c1-11-7-8-14(17(20)21-3)10-16(11)18-12(2)13-5-4-6-15(19)9-13/h4-10,12,18-19H,1-3H3. The highest BCUT2D eigenvalue weighted by Crippen LogP contribution is 2.25. The molecule has 110 valence electrons. The van der Waals surface area contributed by atoms with E-state index in [0.717, 1.165) is 16.8 Å². The third-order valence-corrected chi connectivity index (χ3v) is 3.40. The third kappa shape index (κ3) is 3.54. The Morgan fingerprint density at radius 3 is 2.67 bits per heavy atom. The average molecular weight is 285 g/mol. The van der Waals surface area contributed by atoms with Crippen LogP contribution in [0.2, 0.25) is 0 Å². The maximum Gasteiger partial charge on any atom is 0.337 e. The molecule has 0 heterocycles. The van der Waals surface area contributed by atoms with Crippen molar-refractivity contribution in [2.75, 3.05) is 12.4 Å². The molecule has 0 saturated carbocycles. The summed E-state index contributed by atoms with van der Waals surface area (Å²) < 4.78 is 4.74. The van der Waals surface area contributed by atoms with Crippen LogP contribution in [0.3, 0.4) is 0 Å². The van der Waals surface area contributed by atoms with E-state index in [1.165, 1.54) is 7.11 Å². The van der Waals surface area contributed by atoms with Crippen LogP contribution in [0.25, 0.3) is 0 Å². The summed E-state index contributed by atoms with van der Waals surface area (Å²) in [5.74, 6) is -0.121. The second-order valence-corrected chi connectivity index (χ2v) is 4.98. The number of carbonyl (C=O) groups is 1. The van der Waals surface area contributed by atoms with Gasteiger partial charge in [-0.1, -0.05) is 18.2 Å². The minimum atomic E-state index is -0.358. The zero-order valence-corrected chi connectivity index (χ0v) is 12.4. The minimum Gasteiger partial charge on any atom is -0.508 e. The number of esters is 1. The number of rotatable bonds is 4. The van der Waals surface area contributed by atoms with E-state index < -0.39 is 0 Å². The molecule has 0 aliphatic carbocycles. The lowest BCUT2D eigenvalue weighted by molar-refractivity contribution is 0.0601. The smallest absolute Gasteiger partial charge is 0.337 e. The van der Waals surface area contributed by atoms with Gasteiger partial charge >= 0.3 is 5.97 Å². The van der Waals surface area contributed by atoms with E-state index in [4.69, 9.17) is 4.74 Å². The zero-order valence-electron chi connectivity index (χ0n) is 12.4. The van der Waals surface area contributed by atoms with Crippen molar-refractivity contribution in [3.63, 3.8) is 0 Å². The van der Waals surface area contributed by atoms with Crippen molar-refractivity contribution >= 4 is 11.7 Å². The van der Waals surface area contributed by atoms with Gasteiger partial charge in [0.25, 0.3) is 0 Å². The van der Waals surface area contributed by atoms with E-state index in [-0.39, 0.29) is 17.8 Å². The molecule has 2 aromatic rings. The minimum absolute atomic E-state index is 0.00342. The maximum atomic E-state index is 11.6. The van der Waals surface area contributed by atoms with Gasteiger partial charge in [0.15, 0.2) is 0 Å². The molecule has 0 aliphatic rings. The summed E-state index contributed by atoms with van der Waals surface area (Å²) in [6, 6.07) is 12.5. The first-order valence-corrected chi connectivity index (χ1v) is 6.75. The SMILES string of the molecule is COC(=O)c1ccc(C)c(NC(C)c2cccc(O)c2)c1. The summed E-state index contributed by atoms with van der Waals surface area (Å²) in [6.45, 7) is 3.97. The molecule has 0 fully saturated rings. The van der Waals surface area contributed by atoms with Crippen molar-refractivity contribution in [2.24, 2.45) is 0 Å². The number of hydrogen-bond donors (Lipinski definition) is 2. The Labute approximate surface area is 124 Å². The van der Waals surface area contributed by atoms with E-state index in [1.807, 2.05) is 26.0 Å². The van der Waals surface area contributed by atoms with Gasteiger partial charge in [-0.25, -0.2) is 4.79 Å². The Hall–Kier alpha value is -2.49. The molecule has 0 radical (unpaired) electrons. The summed E-state index contributed by atoms with van der Waals surface area (Å²) in [6.07, 6.45) is 0. The predicted molar refractivity (Wildman–Crippen MR) is 82.7 cm³/mol. The molecule has 4 nitrogen and oxygen atoms in total. The van der Waals surface area contributed by atoms with E-state index >= 15 is 0 Å². The number of nitrogens with one attached hydrogen (secondary N) is 1. The third-order valence-electron chi connectivity index (χ3n) is 3.40. The van der Waals surface area contributed by atoms with E-state index in [1.54, 1.807) is 30.3 Å².